The first-order valence-corrected chi connectivity index (χ1v) is 5.90. The fourth-order valence-corrected chi connectivity index (χ4v) is 2.22. The molecule has 0 atom stereocenters. The van der Waals surface area contributed by atoms with Crippen molar-refractivity contribution in [2.24, 2.45) is 0 Å². The van der Waals surface area contributed by atoms with Crippen LogP contribution in [0.2, 0.25) is 0 Å². The molecule has 1 aliphatic heterocycles. The van der Waals surface area contributed by atoms with Crippen molar-refractivity contribution >= 4 is 11.6 Å². The third kappa shape index (κ3) is 2.14. The lowest BCUT2D eigenvalue weighted by molar-refractivity contribution is -0.118. The van der Waals surface area contributed by atoms with Crippen LogP contribution in [0.15, 0.2) is 6.07 Å². The minimum Gasteiger partial charge on any atom is -0.485 e. The summed E-state index contributed by atoms with van der Waals surface area (Å²) in [6.07, 6.45) is 0.375. The number of aryl methyl sites for hydroxylation is 2. The Morgan fingerprint density at radius 1 is 1.24 bits per heavy atom. The number of carbonyl (C=O) groups is 1. The number of ether oxygens (including phenoxy) is 1. The molecule has 1 amide bonds. The maximum Gasteiger partial charge on any atom is 0.228 e. The molecule has 0 aliphatic carbocycles. The third-order valence-electron chi connectivity index (χ3n) is 3.22. The summed E-state index contributed by atoms with van der Waals surface area (Å²) in [7, 11) is 0. The van der Waals surface area contributed by atoms with Gasteiger partial charge in [-0.25, -0.2) is 0 Å². The summed E-state index contributed by atoms with van der Waals surface area (Å²) in [5, 5.41) is 2.95. The molecular formula is C14H19NO2. The molecule has 1 aromatic rings. The number of hydrogen-bond donors (Lipinski definition) is 1. The Kier molecular flexibility index (Phi) is 2.64. The molecule has 92 valence electrons. The van der Waals surface area contributed by atoms with Crippen molar-refractivity contribution in [2.45, 2.75) is 46.6 Å². The molecule has 2 rings (SSSR count). The zero-order valence-corrected chi connectivity index (χ0v) is 11.1. The van der Waals surface area contributed by atoms with E-state index in [2.05, 4.69) is 18.3 Å². The van der Waals surface area contributed by atoms with Crippen LogP contribution in [-0.4, -0.2) is 11.5 Å². The van der Waals surface area contributed by atoms with Crippen LogP contribution >= 0.6 is 0 Å². The van der Waals surface area contributed by atoms with E-state index in [0.29, 0.717) is 6.42 Å². The second-order valence-electron chi connectivity index (χ2n) is 5.43. The van der Waals surface area contributed by atoms with Crippen LogP contribution in [0.25, 0.3) is 0 Å². The quantitative estimate of drug-likeness (QED) is 0.747. The molecule has 0 unspecified atom stereocenters. The van der Waals surface area contributed by atoms with Gasteiger partial charge in [-0.15, -0.1) is 0 Å². The van der Waals surface area contributed by atoms with Crippen molar-refractivity contribution < 1.29 is 9.53 Å². The highest BCUT2D eigenvalue weighted by molar-refractivity contribution is 5.95. The van der Waals surface area contributed by atoms with Gasteiger partial charge in [-0.3, -0.25) is 4.79 Å². The van der Waals surface area contributed by atoms with Gasteiger partial charge in [0.05, 0.1) is 12.1 Å². The Labute approximate surface area is 102 Å². The van der Waals surface area contributed by atoms with E-state index in [9.17, 15) is 4.79 Å². The predicted molar refractivity (Wildman–Crippen MR) is 68.6 cm³/mol. The predicted octanol–water partition coefficient (Wildman–Crippen LogP) is 3.11. The molecule has 0 spiro atoms. The second-order valence-corrected chi connectivity index (χ2v) is 5.43. The maximum atomic E-state index is 11.8. The van der Waals surface area contributed by atoms with Crippen LogP contribution in [0.3, 0.4) is 0 Å². The Morgan fingerprint density at radius 3 is 2.53 bits per heavy atom. The Morgan fingerprint density at radius 2 is 1.88 bits per heavy atom. The van der Waals surface area contributed by atoms with Crippen molar-refractivity contribution in [1.82, 2.24) is 0 Å². The van der Waals surface area contributed by atoms with E-state index in [4.69, 9.17) is 4.74 Å². The largest absolute Gasteiger partial charge is 0.485 e. The van der Waals surface area contributed by atoms with Gasteiger partial charge in [0, 0.05) is 0 Å². The van der Waals surface area contributed by atoms with Crippen LogP contribution in [0.5, 0.6) is 5.75 Å². The average molecular weight is 233 g/mol. The summed E-state index contributed by atoms with van der Waals surface area (Å²) < 4.78 is 6.02. The molecule has 1 N–H and O–H groups in total. The normalized spacial score (nSPS) is 17.8. The highest BCUT2D eigenvalue weighted by Gasteiger charge is 2.31. The van der Waals surface area contributed by atoms with Crippen LogP contribution in [0, 0.1) is 20.8 Å². The molecule has 1 aromatic carbocycles. The van der Waals surface area contributed by atoms with Gasteiger partial charge in [-0.1, -0.05) is 6.07 Å². The molecule has 17 heavy (non-hydrogen) atoms. The molecule has 0 saturated carbocycles. The first kappa shape index (κ1) is 12.0. The summed E-state index contributed by atoms with van der Waals surface area (Å²) >= 11 is 0. The van der Waals surface area contributed by atoms with Gasteiger partial charge in [-0.2, -0.15) is 0 Å². The van der Waals surface area contributed by atoms with E-state index >= 15 is 0 Å². The Balaban J connectivity index is 2.64. The van der Waals surface area contributed by atoms with E-state index < -0.39 is 5.60 Å². The van der Waals surface area contributed by atoms with Crippen molar-refractivity contribution in [2.75, 3.05) is 5.32 Å². The van der Waals surface area contributed by atoms with Crippen LogP contribution < -0.4 is 10.1 Å². The molecule has 3 nitrogen and oxygen atoms in total. The van der Waals surface area contributed by atoms with Crippen molar-refractivity contribution in [3.63, 3.8) is 0 Å². The van der Waals surface area contributed by atoms with Gasteiger partial charge >= 0.3 is 0 Å². The van der Waals surface area contributed by atoms with Gasteiger partial charge in [0.2, 0.25) is 5.91 Å². The Bertz CT molecular complexity index is 489. The number of anilines is 1. The molecule has 0 aromatic heterocycles. The van der Waals surface area contributed by atoms with Crippen molar-refractivity contribution in [1.29, 1.82) is 0 Å². The molecule has 0 fully saturated rings. The lowest BCUT2D eigenvalue weighted by atomic mass is 10.0. The lowest BCUT2D eigenvalue weighted by Crippen LogP contribution is -2.31. The monoisotopic (exact) mass is 233 g/mol. The minimum absolute atomic E-state index is 0.0140. The summed E-state index contributed by atoms with van der Waals surface area (Å²) in [5.74, 6) is 0.832. The number of nitrogens with one attached hydrogen (secondary N) is 1. The molecular weight excluding hydrogens is 214 g/mol. The summed E-state index contributed by atoms with van der Waals surface area (Å²) in [6.45, 7) is 9.97. The van der Waals surface area contributed by atoms with Crippen LogP contribution in [0.4, 0.5) is 5.69 Å². The number of carbonyl (C=O) groups excluding carboxylic acids is 1. The van der Waals surface area contributed by atoms with E-state index in [1.54, 1.807) is 0 Å². The average Bonchev–Trinajstić information content (AvgIpc) is 2.30. The topological polar surface area (TPSA) is 38.3 Å². The number of amides is 1. The first-order chi connectivity index (χ1) is 7.80. The van der Waals surface area contributed by atoms with Crippen LogP contribution in [-0.2, 0) is 4.79 Å². The summed E-state index contributed by atoms with van der Waals surface area (Å²) in [6, 6.07) is 2.08. The van der Waals surface area contributed by atoms with E-state index in [-0.39, 0.29) is 5.91 Å². The lowest BCUT2D eigenvalue weighted by Gasteiger charge is -2.25. The molecule has 1 aliphatic rings. The van der Waals surface area contributed by atoms with Gasteiger partial charge < -0.3 is 10.1 Å². The van der Waals surface area contributed by atoms with E-state index in [1.807, 2.05) is 27.7 Å². The zero-order valence-electron chi connectivity index (χ0n) is 11.1. The zero-order chi connectivity index (χ0) is 12.8. The summed E-state index contributed by atoms with van der Waals surface area (Å²) in [4.78, 5) is 11.8. The smallest absolute Gasteiger partial charge is 0.228 e. The Hall–Kier alpha value is -1.51. The number of rotatable bonds is 0. The number of hydrogen-bond acceptors (Lipinski definition) is 2. The van der Waals surface area contributed by atoms with E-state index in [0.717, 1.165) is 22.6 Å². The SMILES string of the molecule is Cc1cc(C)c2c(c1C)OC(C)(C)CC(=O)N2. The fraction of sp³-hybridized carbons (Fsp3) is 0.500. The molecule has 0 radical (unpaired) electrons. The van der Waals surface area contributed by atoms with E-state index in [1.165, 1.54) is 5.56 Å². The maximum absolute atomic E-state index is 11.8. The number of fused-ring (bicyclic) bond motifs is 1. The summed E-state index contributed by atoms with van der Waals surface area (Å²) in [5.41, 5.74) is 3.70. The molecule has 3 heteroatoms. The van der Waals surface area contributed by atoms with Gasteiger partial charge in [0.15, 0.2) is 0 Å². The third-order valence-corrected chi connectivity index (χ3v) is 3.22. The highest BCUT2D eigenvalue weighted by Crippen LogP contribution is 2.39. The highest BCUT2D eigenvalue weighted by atomic mass is 16.5. The first-order valence-electron chi connectivity index (χ1n) is 5.90. The molecule has 0 saturated heterocycles. The van der Waals surface area contributed by atoms with Crippen molar-refractivity contribution in [3.8, 4) is 5.75 Å². The van der Waals surface area contributed by atoms with Gasteiger partial charge in [0.25, 0.3) is 0 Å². The molecule has 1 heterocycles. The van der Waals surface area contributed by atoms with Gasteiger partial charge in [-0.05, 0) is 51.3 Å². The van der Waals surface area contributed by atoms with Crippen LogP contribution in [0.1, 0.15) is 37.0 Å². The number of benzene rings is 1. The fourth-order valence-electron chi connectivity index (χ4n) is 2.22. The van der Waals surface area contributed by atoms with Crippen molar-refractivity contribution in [3.05, 3.63) is 22.8 Å². The molecule has 0 bridgehead atoms. The minimum atomic E-state index is -0.458. The standard InChI is InChI=1S/C14H19NO2/c1-8-6-9(2)12-13(10(8)3)17-14(4,5)7-11(16)15-12/h6H,7H2,1-5H3,(H,15,16). The second kappa shape index (κ2) is 3.76. The van der Waals surface area contributed by atoms with Gasteiger partial charge in [0.1, 0.15) is 11.4 Å².